The van der Waals surface area contributed by atoms with Crippen LogP contribution in [0.25, 0.3) is 0 Å². The van der Waals surface area contributed by atoms with Gasteiger partial charge in [0.15, 0.2) is 8.32 Å². The molecule has 8 heteroatoms. The number of carbonyl (C=O) groups excluding carboxylic acids is 2. The molecule has 7 nitrogen and oxygen atoms in total. The van der Waals surface area contributed by atoms with E-state index in [4.69, 9.17) is 18.6 Å². The number of imide groups is 1. The predicted molar refractivity (Wildman–Crippen MR) is 145 cm³/mol. The Bertz CT molecular complexity index is 875. The second-order valence-corrected chi connectivity index (χ2v) is 17.4. The van der Waals surface area contributed by atoms with Crippen LogP contribution < -0.4 is 4.74 Å². The highest BCUT2D eigenvalue weighted by Gasteiger charge is 2.44. The van der Waals surface area contributed by atoms with E-state index in [1.807, 2.05) is 38.1 Å². The van der Waals surface area contributed by atoms with Crippen LogP contribution in [0.4, 0.5) is 4.79 Å². The Morgan fingerprint density at radius 2 is 1.75 bits per heavy atom. The number of ether oxygens (including phenoxy) is 3. The molecule has 0 aliphatic carbocycles. The monoisotopic (exact) mass is 521 g/mol. The lowest BCUT2D eigenvalue weighted by molar-refractivity contribution is -0.137. The zero-order valence-electron chi connectivity index (χ0n) is 24.0. The third-order valence-electron chi connectivity index (χ3n) is 7.44. The molecule has 36 heavy (non-hydrogen) atoms. The fourth-order valence-electron chi connectivity index (χ4n) is 3.95. The van der Waals surface area contributed by atoms with Crippen molar-refractivity contribution >= 4 is 20.3 Å². The third kappa shape index (κ3) is 8.05. The molecule has 1 aliphatic rings. The Labute approximate surface area is 218 Å². The Hall–Kier alpha value is -1.90. The maximum atomic E-state index is 13.7. The lowest BCUT2D eigenvalue weighted by Crippen LogP contribution is -2.47. The molecule has 1 aromatic carbocycles. The first-order valence-electron chi connectivity index (χ1n) is 12.9. The molecule has 1 fully saturated rings. The molecule has 204 valence electrons. The highest BCUT2D eigenvalue weighted by Crippen LogP contribution is 2.39. The van der Waals surface area contributed by atoms with Crippen LogP contribution in [0.1, 0.15) is 60.5 Å². The summed E-state index contributed by atoms with van der Waals surface area (Å²) in [6.07, 6.45) is -0.0216. The topological polar surface area (TPSA) is 74.3 Å². The molecule has 2 rings (SSSR count). The first-order valence-corrected chi connectivity index (χ1v) is 15.8. The van der Waals surface area contributed by atoms with Gasteiger partial charge in [0.05, 0.1) is 32.3 Å². The normalized spacial score (nSPS) is 17.9. The van der Waals surface area contributed by atoms with Crippen molar-refractivity contribution < 1.29 is 28.2 Å². The number of amides is 2. The van der Waals surface area contributed by atoms with Gasteiger partial charge in [-0.15, -0.1) is 0 Å². The standard InChI is InChI=1S/C28H47NO6Si/c1-20(2)24-18-34-26(31)29(24)25(30)22(17-33-16-21-11-13-23(32-8)14-12-21)15-28(6,7)19-35-36(9,10)27(3,4)5/h11-14,20,22,24H,15-19H2,1-10H3/t22-,24-/m0/s1. The molecule has 0 N–H and O–H groups in total. The maximum absolute atomic E-state index is 13.7. The SMILES string of the molecule is COc1ccc(COC[C@H](CC(C)(C)CO[Si](C)(C)C(C)(C)C)C(=O)N2C(=O)OC[C@H]2C(C)C)cc1. The van der Waals surface area contributed by atoms with Gasteiger partial charge >= 0.3 is 6.09 Å². The van der Waals surface area contributed by atoms with Crippen molar-refractivity contribution in [2.75, 3.05) is 26.9 Å². The van der Waals surface area contributed by atoms with Gasteiger partial charge in [-0.1, -0.05) is 60.6 Å². The second-order valence-electron chi connectivity index (χ2n) is 12.6. The number of carbonyl (C=O) groups is 2. The number of benzene rings is 1. The summed E-state index contributed by atoms with van der Waals surface area (Å²) >= 11 is 0. The number of hydrogen-bond donors (Lipinski definition) is 0. The van der Waals surface area contributed by atoms with Gasteiger partial charge in [0, 0.05) is 6.61 Å². The van der Waals surface area contributed by atoms with Gasteiger partial charge in [-0.3, -0.25) is 4.79 Å². The van der Waals surface area contributed by atoms with Crippen LogP contribution in [0.5, 0.6) is 5.75 Å². The molecule has 1 aromatic rings. The van der Waals surface area contributed by atoms with Crippen molar-refractivity contribution in [3.8, 4) is 5.75 Å². The second kappa shape index (κ2) is 12.1. The van der Waals surface area contributed by atoms with Crippen LogP contribution in [0.15, 0.2) is 24.3 Å². The van der Waals surface area contributed by atoms with Gasteiger partial charge in [-0.25, -0.2) is 9.69 Å². The first-order chi connectivity index (χ1) is 16.6. The summed E-state index contributed by atoms with van der Waals surface area (Å²) in [6.45, 7) is 20.7. The van der Waals surface area contributed by atoms with E-state index in [0.717, 1.165) is 11.3 Å². The summed E-state index contributed by atoms with van der Waals surface area (Å²) in [7, 11) is -0.313. The number of methoxy groups -OCH3 is 1. The third-order valence-corrected chi connectivity index (χ3v) is 11.9. The van der Waals surface area contributed by atoms with E-state index in [-0.39, 0.29) is 41.5 Å². The van der Waals surface area contributed by atoms with E-state index in [1.165, 1.54) is 4.90 Å². The Kier molecular flexibility index (Phi) is 10.2. The minimum Gasteiger partial charge on any atom is -0.497 e. The van der Waals surface area contributed by atoms with Gasteiger partial charge < -0.3 is 18.6 Å². The summed E-state index contributed by atoms with van der Waals surface area (Å²) in [5, 5.41) is 0.101. The van der Waals surface area contributed by atoms with Gasteiger partial charge in [-0.05, 0) is 53.6 Å². The van der Waals surface area contributed by atoms with Gasteiger partial charge in [-0.2, -0.15) is 0 Å². The molecule has 0 spiro atoms. The number of hydrogen-bond acceptors (Lipinski definition) is 6. The number of cyclic esters (lactones) is 1. The van der Waals surface area contributed by atoms with E-state index in [1.54, 1.807) is 7.11 Å². The lowest BCUT2D eigenvalue weighted by atomic mass is 9.83. The number of nitrogens with zero attached hydrogens (tertiary/aromatic N) is 1. The molecule has 1 heterocycles. The minimum absolute atomic E-state index is 0.101. The van der Waals surface area contributed by atoms with Crippen LogP contribution in [-0.2, 0) is 25.3 Å². The molecule has 2 atom stereocenters. The van der Waals surface area contributed by atoms with Crippen LogP contribution in [0.2, 0.25) is 18.1 Å². The highest BCUT2D eigenvalue weighted by atomic mass is 28.4. The van der Waals surface area contributed by atoms with Crippen LogP contribution in [0, 0.1) is 17.3 Å². The average molecular weight is 522 g/mol. The Morgan fingerprint density at radius 3 is 2.28 bits per heavy atom. The Morgan fingerprint density at radius 1 is 1.14 bits per heavy atom. The van der Waals surface area contributed by atoms with Crippen LogP contribution in [0.3, 0.4) is 0 Å². The molecule has 1 saturated heterocycles. The van der Waals surface area contributed by atoms with Crippen molar-refractivity contribution in [3.63, 3.8) is 0 Å². The van der Waals surface area contributed by atoms with Crippen molar-refractivity contribution in [2.24, 2.45) is 17.3 Å². The predicted octanol–water partition coefficient (Wildman–Crippen LogP) is 6.27. The van der Waals surface area contributed by atoms with E-state index in [2.05, 4.69) is 47.7 Å². The number of rotatable bonds is 12. The van der Waals surface area contributed by atoms with Gasteiger partial charge in [0.2, 0.25) is 5.91 Å². The lowest BCUT2D eigenvalue weighted by Gasteiger charge is -2.40. The van der Waals surface area contributed by atoms with Crippen molar-refractivity contribution in [1.29, 1.82) is 0 Å². The smallest absolute Gasteiger partial charge is 0.416 e. The summed E-state index contributed by atoms with van der Waals surface area (Å²) in [5.74, 6) is 0.165. The molecule has 0 bridgehead atoms. The molecule has 2 amide bonds. The van der Waals surface area contributed by atoms with E-state index in [9.17, 15) is 9.59 Å². The fourth-order valence-corrected chi connectivity index (χ4v) is 5.14. The van der Waals surface area contributed by atoms with Gasteiger partial charge in [0.25, 0.3) is 0 Å². The molecular formula is C28H47NO6Si. The quantitative estimate of drug-likeness (QED) is 0.302. The molecule has 0 aromatic heterocycles. The van der Waals surface area contributed by atoms with Crippen molar-refractivity contribution in [1.82, 2.24) is 4.90 Å². The summed E-state index contributed by atoms with van der Waals surface area (Å²) in [6, 6.07) is 7.39. The van der Waals surface area contributed by atoms with E-state index >= 15 is 0 Å². The molecule has 0 radical (unpaired) electrons. The average Bonchev–Trinajstić information content (AvgIpc) is 3.18. The molecular weight excluding hydrogens is 474 g/mol. The molecule has 1 aliphatic heterocycles. The van der Waals surface area contributed by atoms with Crippen molar-refractivity contribution in [3.05, 3.63) is 29.8 Å². The highest BCUT2D eigenvalue weighted by molar-refractivity contribution is 6.74. The largest absolute Gasteiger partial charge is 0.497 e. The minimum atomic E-state index is -1.94. The summed E-state index contributed by atoms with van der Waals surface area (Å²) in [4.78, 5) is 27.6. The fraction of sp³-hybridized carbons (Fsp3) is 0.714. The van der Waals surface area contributed by atoms with Crippen LogP contribution >= 0.6 is 0 Å². The zero-order chi connectivity index (χ0) is 27.3. The summed E-state index contributed by atoms with van der Waals surface area (Å²) < 4.78 is 23.0. The maximum Gasteiger partial charge on any atom is 0.416 e. The van der Waals surface area contributed by atoms with Gasteiger partial charge in [0.1, 0.15) is 12.4 Å². The Balaban J connectivity index is 2.17. The zero-order valence-corrected chi connectivity index (χ0v) is 25.0. The van der Waals surface area contributed by atoms with E-state index < -0.39 is 20.3 Å². The molecule has 0 saturated carbocycles. The molecule has 0 unspecified atom stereocenters. The van der Waals surface area contributed by atoms with E-state index in [0.29, 0.717) is 19.6 Å². The summed E-state index contributed by atoms with van der Waals surface area (Å²) in [5.41, 5.74) is 0.708. The van der Waals surface area contributed by atoms with Crippen LogP contribution in [-0.4, -0.2) is 58.2 Å². The van der Waals surface area contributed by atoms with Crippen molar-refractivity contribution in [2.45, 2.75) is 85.7 Å². The first kappa shape index (κ1) is 30.3.